The highest BCUT2D eigenvalue weighted by Crippen LogP contribution is 2.16. The number of carbonyl (C=O) groups excluding carboxylic acids is 2. The van der Waals surface area contributed by atoms with Crippen LogP contribution >= 0.6 is 0 Å². The number of hydrogen-bond donors (Lipinski definition) is 3. The van der Waals surface area contributed by atoms with Crippen LogP contribution in [-0.2, 0) is 9.59 Å². The Morgan fingerprint density at radius 1 is 1.05 bits per heavy atom. The van der Waals surface area contributed by atoms with Gasteiger partial charge in [-0.15, -0.1) is 0 Å². The third-order valence-corrected chi connectivity index (χ3v) is 3.14. The van der Waals surface area contributed by atoms with Crippen LogP contribution in [0.15, 0.2) is 24.3 Å². The van der Waals surface area contributed by atoms with E-state index < -0.39 is 0 Å². The molecule has 6 heteroatoms. The van der Waals surface area contributed by atoms with Crippen LogP contribution in [0.5, 0.6) is 5.75 Å². The van der Waals surface area contributed by atoms with Gasteiger partial charge in [0.25, 0.3) is 5.91 Å². The molecule has 0 aliphatic rings. The van der Waals surface area contributed by atoms with Crippen LogP contribution in [0, 0.1) is 0 Å². The first-order valence-electron chi connectivity index (χ1n) is 7.59. The summed E-state index contributed by atoms with van der Waals surface area (Å²) in [6.07, 6.45) is 4.50. The lowest BCUT2D eigenvalue weighted by atomic mass is 10.1. The van der Waals surface area contributed by atoms with E-state index in [0.29, 0.717) is 18.7 Å². The number of hydrogen-bond acceptors (Lipinski definition) is 4. The lowest BCUT2D eigenvalue weighted by Crippen LogP contribution is -2.24. The van der Waals surface area contributed by atoms with Crippen molar-refractivity contribution in [2.24, 2.45) is 5.73 Å². The molecule has 1 aromatic carbocycles. The van der Waals surface area contributed by atoms with Crippen LogP contribution in [0.25, 0.3) is 0 Å². The maximum absolute atomic E-state index is 11.8. The first-order chi connectivity index (χ1) is 10.7. The molecular weight excluding hydrogens is 282 g/mol. The predicted molar refractivity (Wildman–Crippen MR) is 86.8 cm³/mol. The van der Waals surface area contributed by atoms with Gasteiger partial charge in [-0.2, -0.15) is 0 Å². The molecule has 122 valence electrons. The van der Waals surface area contributed by atoms with Crippen LogP contribution in [0.1, 0.15) is 32.1 Å². The summed E-state index contributed by atoms with van der Waals surface area (Å²) in [7, 11) is 1.56. The quantitative estimate of drug-likeness (QED) is 0.573. The van der Waals surface area contributed by atoms with Crippen molar-refractivity contribution in [3.05, 3.63) is 24.3 Å². The number of ether oxygens (including phenoxy) is 1. The van der Waals surface area contributed by atoms with Gasteiger partial charge in [0.15, 0.2) is 6.61 Å². The fourth-order valence-corrected chi connectivity index (χ4v) is 1.86. The van der Waals surface area contributed by atoms with E-state index in [-0.39, 0.29) is 18.4 Å². The molecule has 0 saturated heterocycles. The Hall–Kier alpha value is -2.08. The van der Waals surface area contributed by atoms with E-state index in [1.165, 1.54) is 0 Å². The van der Waals surface area contributed by atoms with Crippen molar-refractivity contribution in [2.75, 3.05) is 25.5 Å². The fraction of sp³-hybridized carbons (Fsp3) is 0.500. The molecule has 0 atom stereocenters. The minimum absolute atomic E-state index is 0.00628. The molecule has 22 heavy (non-hydrogen) atoms. The second kappa shape index (κ2) is 10.6. The summed E-state index contributed by atoms with van der Waals surface area (Å²) in [5.74, 6) is 0.405. The SMILES string of the molecule is CNC(=O)COc1ccc(NC(=O)CCCCCCN)cc1. The normalized spacial score (nSPS) is 10.1. The molecule has 0 radical (unpaired) electrons. The first kappa shape index (κ1) is 18.0. The fourth-order valence-electron chi connectivity index (χ4n) is 1.86. The summed E-state index contributed by atoms with van der Waals surface area (Å²) in [5.41, 5.74) is 6.14. The standard InChI is InChI=1S/C16H25N3O3/c1-18-16(21)12-22-14-9-7-13(8-10-14)19-15(20)6-4-2-3-5-11-17/h7-10H,2-6,11-12,17H2,1H3,(H,18,21)(H,19,20). The third kappa shape index (κ3) is 7.64. The van der Waals surface area contributed by atoms with Crippen molar-refractivity contribution in [2.45, 2.75) is 32.1 Å². The lowest BCUT2D eigenvalue weighted by Gasteiger charge is -2.08. The van der Waals surface area contributed by atoms with Crippen molar-refractivity contribution in [3.63, 3.8) is 0 Å². The topological polar surface area (TPSA) is 93.5 Å². The molecule has 0 saturated carbocycles. The van der Waals surface area contributed by atoms with Gasteiger partial charge in [-0.3, -0.25) is 9.59 Å². The average Bonchev–Trinajstić information content (AvgIpc) is 2.53. The molecule has 1 rings (SSSR count). The van der Waals surface area contributed by atoms with Gasteiger partial charge in [0.2, 0.25) is 5.91 Å². The number of likely N-dealkylation sites (N-methyl/N-ethyl adjacent to an activating group) is 1. The Morgan fingerprint density at radius 3 is 2.36 bits per heavy atom. The molecule has 0 fully saturated rings. The number of rotatable bonds is 10. The van der Waals surface area contributed by atoms with Gasteiger partial charge in [0.05, 0.1) is 0 Å². The molecule has 1 aromatic rings. The zero-order valence-corrected chi connectivity index (χ0v) is 13.1. The maximum atomic E-state index is 11.8. The monoisotopic (exact) mass is 307 g/mol. The highest BCUT2D eigenvalue weighted by molar-refractivity contribution is 5.90. The minimum atomic E-state index is -0.188. The van der Waals surface area contributed by atoms with Gasteiger partial charge in [0, 0.05) is 19.2 Å². The van der Waals surface area contributed by atoms with Crippen LogP contribution in [0.4, 0.5) is 5.69 Å². The Labute approximate surface area is 131 Å². The van der Waals surface area contributed by atoms with E-state index >= 15 is 0 Å². The number of amides is 2. The molecule has 0 aliphatic carbocycles. The largest absolute Gasteiger partial charge is 0.484 e. The number of benzene rings is 1. The Bertz CT molecular complexity index is 460. The van der Waals surface area contributed by atoms with Crippen LogP contribution in [-0.4, -0.2) is 32.0 Å². The van der Waals surface area contributed by atoms with Crippen LogP contribution in [0.2, 0.25) is 0 Å². The first-order valence-corrected chi connectivity index (χ1v) is 7.59. The number of carbonyl (C=O) groups is 2. The zero-order valence-electron chi connectivity index (χ0n) is 13.1. The Morgan fingerprint density at radius 2 is 1.73 bits per heavy atom. The van der Waals surface area contributed by atoms with E-state index in [1.807, 2.05) is 0 Å². The molecular formula is C16H25N3O3. The molecule has 0 spiro atoms. The smallest absolute Gasteiger partial charge is 0.257 e. The summed E-state index contributed by atoms with van der Waals surface area (Å²) in [4.78, 5) is 22.8. The highest BCUT2D eigenvalue weighted by Gasteiger charge is 2.03. The number of anilines is 1. The van der Waals surface area contributed by atoms with Crippen molar-refractivity contribution >= 4 is 17.5 Å². The summed E-state index contributed by atoms with van der Waals surface area (Å²) in [6, 6.07) is 6.95. The van der Waals surface area contributed by atoms with Crippen LogP contribution < -0.4 is 21.1 Å². The second-order valence-corrected chi connectivity index (χ2v) is 4.99. The second-order valence-electron chi connectivity index (χ2n) is 4.99. The molecule has 0 heterocycles. The van der Waals surface area contributed by atoms with Gasteiger partial charge < -0.3 is 21.1 Å². The van der Waals surface area contributed by atoms with E-state index in [2.05, 4.69) is 10.6 Å². The highest BCUT2D eigenvalue weighted by atomic mass is 16.5. The van der Waals surface area contributed by atoms with Crippen molar-refractivity contribution in [1.29, 1.82) is 0 Å². The molecule has 2 amide bonds. The van der Waals surface area contributed by atoms with E-state index in [0.717, 1.165) is 31.4 Å². The van der Waals surface area contributed by atoms with Crippen molar-refractivity contribution in [3.8, 4) is 5.75 Å². The summed E-state index contributed by atoms with van der Waals surface area (Å²) in [6.45, 7) is 0.686. The summed E-state index contributed by atoms with van der Waals surface area (Å²) >= 11 is 0. The van der Waals surface area contributed by atoms with Gasteiger partial charge >= 0.3 is 0 Å². The van der Waals surface area contributed by atoms with E-state index in [1.54, 1.807) is 31.3 Å². The lowest BCUT2D eigenvalue weighted by molar-refractivity contribution is -0.122. The molecule has 0 bridgehead atoms. The third-order valence-electron chi connectivity index (χ3n) is 3.14. The molecule has 0 aliphatic heterocycles. The van der Waals surface area contributed by atoms with Gasteiger partial charge in [0.1, 0.15) is 5.75 Å². The Kier molecular flexibility index (Phi) is 8.67. The average molecular weight is 307 g/mol. The number of nitrogens with one attached hydrogen (secondary N) is 2. The summed E-state index contributed by atoms with van der Waals surface area (Å²) < 4.78 is 5.29. The maximum Gasteiger partial charge on any atom is 0.257 e. The van der Waals surface area contributed by atoms with Gasteiger partial charge in [-0.05, 0) is 43.7 Å². The molecule has 6 nitrogen and oxygen atoms in total. The summed E-state index contributed by atoms with van der Waals surface area (Å²) in [5, 5.41) is 5.31. The Balaban J connectivity index is 2.28. The van der Waals surface area contributed by atoms with Crippen LogP contribution in [0.3, 0.4) is 0 Å². The number of nitrogens with two attached hydrogens (primary N) is 1. The van der Waals surface area contributed by atoms with Gasteiger partial charge in [-0.25, -0.2) is 0 Å². The van der Waals surface area contributed by atoms with E-state index in [9.17, 15) is 9.59 Å². The van der Waals surface area contributed by atoms with Crippen molar-refractivity contribution < 1.29 is 14.3 Å². The van der Waals surface area contributed by atoms with Crippen molar-refractivity contribution in [1.82, 2.24) is 5.32 Å². The van der Waals surface area contributed by atoms with Gasteiger partial charge in [-0.1, -0.05) is 12.8 Å². The molecule has 0 unspecified atom stereocenters. The van der Waals surface area contributed by atoms with E-state index in [4.69, 9.17) is 10.5 Å². The molecule has 4 N–H and O–H groups in total. The minimum Gasteiger partial charge on any atom is -0.484 e. The predicted octanol–water partition coefficient (Wildman–Crippen LogP) is 1.66. The number of unbranched alkanes of at least 4 members (excludes halogenated alkanes) is 3. The molecule has 0 aromatic heterocycles. The zero-order chi connectivity index (χ0) is 16.2.